The highest BCUT2D eigenvalue weighted by atomic mass is 16.6. The molecular formula is C39H42O8. The molecule has 0 unspecified atom stereocenters. The summed E-state index contributed by atoms with van der Waals surface area (Å²) in [6.07, 6.45) is -4.05. The minimum atomic E-state index is -1.98. The molecule has 4 aromatic rings. The molecule has 0 aromatic heterocycles. The predicted molar refractivity (Wildman–Crippen MR) is 177 cm³/mol. The van der Waals surface area contributed by atoms with E-state index >= 15 is 0 Å². The molecule has 1 saturated heterocycles. The summed E-state index contributed by atoms with van der Waals surface area (Å²) in [4.78, 5) is 12.6. The number of aliphatic carboxylic acids is 1. The van der Waals surface area contributed by atoms with E-state index in [0.717, 1.165) is 22.3 Å². The molecule has 0 spiro atoms. The highest BCUT2D eigenvalue weighted by Crippen LogP contribution is 2.41. The van der Waals surface area contributed by atoms with Gasteiger partial charge >= 0.3 is 5.97 Å². The van der Waals surface area contributed by atoms with Gasteiger partial charge in [0.2, 0.25) is 0 Å². The lowest BCUT2D eigenvalue weighted by atomic mass is 9.78. The van der Waals surface area contributed by atoms with Crippen molar-refractivity contribution in [1.29, 1.82) is 0 Å². The van der Waals surface area contributed by atoms with Crippen molar-refractivity contribution in [2.24, 2.45) is 0 Å². The Morgan fingerprint density at radius 2 is 1.13 bits per heavy atom. The van der Waals surface area contributed by atoms with E-state index in [1.54, 1.807) is 0 Å². The Balaban J connectivity index is 1.54. The van der Waals surface area contributed by atoms with Crippen LogP contribution in [0.3, 0.4) is 0 Å². The first-order chi connectivity index (χ1) is 23.0. The largest absolute Gasteiger partial charge is 0.479 e. The van der Waals surface area contributed by atoms with E-state index in [2.05, 4.69) is 6.58 Å². The van der Waals surface area contributed by atoms with E-state index in [0.29, 0.717) is 6.61 Å². The van der Waals surface area contributed by atoms with Crippen molar-refractivity contribution in [3.63, 3.8) is 0 Å². The number of aliphatic hydroxyl groups excluding tert-OH is 1. The highest BCUT2D eigenvalue weighted by Gasteiger charge is 2.61. The molecule has 1 heterocycles. The number of carboxylic acid groups (broad SMARTS) is 1. The van der Waals surface area contributed by atoms with Crippen LogP contribution in [0, 0.1) is 0 Å². The summed E-state index contributed by atoms with van der Waals surface area (Å²) in [6, 6.07) is 38.6. The average molecular weight is 639 g/mol. The second-order valence-electron chi connectivity index (χ2n) is 11.6. The van der Waals surface area contributed by atoms with Crippen molar-refractivity contribution >= 4 is 5.97 Å². The van der Waals surface area contributed by atoms with Crippen LogP contribution >= 0.6 is 0 Å². The third-order valence-corrected chi connectivity index (χ3v) is 8.24. The molecule has 6 atom stereocenters. The fourth-order valence-corrected chi connectivity index (χ4v) is 5.92. The Kier molecular flexibility index (Phi) is 12.5. The van der Waals surface area contributed by atoms with Gasteiger partial charge in [0.1, 0.15) is 30.0 Å². The molecule has 0 bridgehead atoms. The van der Waals surface area contributed by atoms with Crippen LogP contribution in [0.1, 0.15) is 28.7 Å². The number of carboxylic acids is 1. The summed E-state index contributed by atoms with van der Waals surface area (Å²) < 4.78 is 32.7. The van der Waals surface area contributed by atoms with Gasteiger partial charge in [-0.15, -0.1) is 6.58 Å². The fraction of sp³-hybridized carbons (Fsp3) is 0.308. The molecule has 4 aromatic carbocycles. The summed E-state index contributed by atoms with van der Waals surface area (Å²) in [6.45, 7) is 4.76. The molecule has 0 saturated carbocycles. The standard InChI is InChI=1S/C39H42O8/c1-2-23-39(36(40)38(41)42)37(46-27-32-21-13-6-14-22-32)35(45-26-31-19-11-5-12-20-31)34(44-25-30-17-9-4-10-18-30)33(47-39)28-43-24-29-15-7-3-8-16-29/h2-22,33-37,40H,1,23-28H2,(H,41,42)/t33-,34-,35+,36-,37-,39-/m1/s1. The molecule has 8 nitrogen and oxygen atoms in total. The molecule has 0 amide bonds. The van der Waals surface area contributed by atoms with Gasteiger partial charge in [0.15, 0.2) is 6.10 Å². The van der Waals surface area contributed by atoms with E-state index in [9.17, 15) is 15.0 Å². The summed E-state index contributed by atoms with van der Waals surface area (Å²) in [5.74, 6) is -1.45. The molecule has 246 valence electrons. The molecule has 0 radical (unpaired) electrons. The van der Waals surface area contributed by atoms with Gasteiger partial charge in [-0.2, -0.15) is 0 Å². The molecule has 8 heteroatoms. The number of aliphatic hydroxyl groups is 1. The Labute approximate surface area is 276 Å². The van der Waals surface area contributed by atoms with Gasteiger partial charge in [0, 0.05) is 0 Å². The minimum Gasteiger partial charge on any atom is -0.479 e. The highest BCUT2D eigenvalue weighted by molar-refractivity contribution is 5.74. The van der Waals surface area contributed by atoms with Crippen molar-refractivity contribution in [2.75, 3.05) is 6.61 Å². The third-order valence-electron chi connectivity index (χ3n) is 8.24. The van der Waals surface area contributed by atoms with Crippen molar-refractivity contribution in [3.05, 3.63) is 156 Å². The molecule has 1 fully saturated rings. The van der Waals surface area contributed by atoms with Crippen LogP contribution in [-0.4, -0.2) is 58.9 Å². The van der Waals surface area contributed by atoms with Gasteiger partial charge in [-0.25, -0.2) is 4.79 Å². The van der Waals surface area contributed by atoms with Gasteiger partial charge in [-0.05, 0) is 28.7 Å². The molecule has 1 aliphatic heterocycles. The van der Waals surface area contributed by atoms with Crippen molar-refractivity contribution in [2.45, 2.75) is 69.0 Å². The Bertz CT molecular complexity index is 1500. The van der Waals surface area contributed by atoms with Crippen LogP contribution in [-0.2, 0) is 54.9 Å². The first-order valence-corrected chi connectivity index (χ1v) is 15.8. The van der Waals surface area contributed by atoms with E-state index in [4.69, 9.17) is 23.7 Å². The van der Waals surface area contributed by atoms with Crippen LogP contribution in [0.2, 0.25) is 0 Å². The third kappa shape index (κ3) is 9.02. The van der Waals surface area contributed by atoms with Gasteiger partial charge in [-0.1, -0.05) is 127 Å². The number of hydrogen-bond acceptors (Lipinski definition) is 7. The number of rotatable bonds is 17. The van der Waals surface area contributed by atoms with Gasteiger partial charge in [-0.3, -0.25) is 0 Å². The second kappa shape index (κ2) is 17.1. The molecule has 0 aliphatic carbocycles. The molecule has 2 N–H and O–H groups in total. The normalized spacial score (nSPS) is 23.2. The number of benzene rings is 4. The topological polar surface area (TPSA) is 104 Å². The Morgan fingerprint density at radius 1 is 0.702 bits per heavy atom. The zero-order valence-electron chi connectivity index (χ0n) is 26.3. The Morgan fingerprint density at radius 3 is 1.57 bits per heavy atom. The van der Waals surface area contributed by atoms with Gasteiger partial charge in [0.05, 0.1) is 33.0 Å². The minimum absolute atomic E-state index is 0.0360. The zero-order valence-corrected chi connectivity index (χ0v) is 26.3. The lowest BCUT2D eigenvalue weighted by molar-refractivity contribution is -0.324. The van der Waals surface area contributed by atoms with Crippen molar-refractivity contribution < 1.29 is 38.7 Å². The SMILES string of the molecule is C=CC[C@]1([C@H](O)C(=O)O)O[C@H](COCc2ccccc2)[C@@H](OCc2ccccc2)[C@H](OCc2ccccc2)[C@H]1OCc1ccccc1. The summed E-state index contributed by atoms with van der Waals surface area (Å²) in [7, 11) is 0. The van der Waals surface area contributed by atoms with Crippen LogP contribution in [0.5, 0.6) is 0 Å². The lowest BCUT2D eigenvalue weighted by Crippen LogP contribution is -2.71. The maximum absolute atomic E-state index is 12.6. The number of carbonyl (C=O) groups is 1. The number of hydrogen-bond donors (Lipinski definition) is 2. The summed E-state index contributed by atoms with van der Waals surface area (Å²) in [5, 5.41) is 21.7. The smallest absolute Gasteiger partial charge is 0.335 e. The van der Waals surface area contributed by atoms with E-state index in [1.165, 1.54) is 6.08 Å². The monoisotopic (exact) mass is 638 g/mol. The molecular weight excluding hydrogens is 596 g/mol. The van der Waals surface area contributed by atoms with E-state index in [-0.39, 0.29) is 32.8 Å². The van der Waals surface area contributed by atoms with Crippen LogP contribution < -0.4 is 0 Å². The first kappa shape index (κ1) is 34.2. The maximum Gasteiger partial charge on any atom is 0.335 e. The first-order valence-electron chi connectivity index (χ1n) is 15.8. The second-order valence-corrected chi connectivity index (χ2v) is 11.6. The quantitative estimate of drug-likeness (QED) is 0.133. The lowest BCUT2D eigenvalue weighted by Gasteiger charge is -2.53. The molecule has 5 rings (SSSR count). The number of ether oxygens (including phenoxy) is 5. The molecule has 47 heavy (non-hydrogen) atoms. The zero-order chi connectivity index (χ0) is 32.9. The predicted octanol–water partition coefficient (Wildman–Crippen LogP) is 6.12. The van der Waals surface area contributed by atoms with Crippen LogP contribution in [0.25, 0.3) is 0 Å². The fourth-order valence-electron chi connectivity index (χ4n) is 5.92. The van der Waals surface area contributed by atoms with Crippen molar-refractivity contribution in [1.82, 2.24) is 0 Å². The van der Waals surface area contributed by atoms with Crippen LogP contribution in [0.15, 0.2) is 134 Å². The van der Waals surface area contributed by atoms with Crippen LogP contribution in [0.4, 0.5) is 0 Å². The Hall–Kier alpha value is -4.15. The van der Waals surface area contributed by atoms with Gasteiger partial charge in [0.25, 0.3) is 0 Å². The van der Waals surface area contributed by atoms with E-state index in [1.807, 2.05) is 121 Å². The van der Waals surface area contributed by atoms with E-state index < -0.39 is 42.1 Å². The van der Waals surface area contributed by atoms with Crippen molar-refractivity contribution in [3.8, 4) is 0 Å². The summed E-state index contributed by atoms with van der Waals surface area (Å²) in [5.41, 5.74) is 1.90. The van der Waals surface area contributed by atoms with Gasteiger partial charge < -0.3 is 33.9 Å². The maximum atomic E-state index is 12.6. The summed E-state index contributed by atoms with van der Waals surface area (Å²) >= 11 is 0. The molecule has 1 aliphatic rings. The average Bonchev–Trinajstić information content (AvgIpc) is 3.11.